The molecule has 0 aliphatic heterocycles. The molecule has 7 heteroatoms. The largest absolute Gasteiger partial charge is 0.396 e. The normalized spacial score (nSPS) is 11.8. The van der Waals surface area contributed by atoms with Crippen LogP contribution in [0.2, 0.25) is 0 Å². The maximum Gasteiger partial charge on any atom is 0.254 e. The zero-order valence-electron chi connectivity index (χ0n) is 15.2. The van der Waals surface area contributed by atoms with E-state index in [9.17, 15) is 9.18 Å². The van der Waals surface area contributed by atoms with E-state index >= 15 is 0 Å². The second-order valence-electron chi connectivity index (χ2n) is 6.08. The van der Waals surface area contributed by atoms with Crippen LogP contribution in [-0.2, 0) is 22.5 Å². The lowest BCUT2D eigenvalue weighted by atomic mass is 9.97. The minimum absolute atomic E-state index is 0.0178. The highest BCUT2D eigenvalue weighted by atomic mass is 19.1. The molecule has 0 bridgehead atoms. The lowest BCUT2D eigenvalue weighted by molar-refractivity contribution is -0.131. The Morgan fingerprint density at radius 1 is 1.30 bits per heavy atom. The Bertz CT molecular complexity index is 794. The molecule has 0 unspecified atom stereocenters. The minimum atomic E-state index is -1.09. The molecule has 5 N–H and O–H groups in total. The SMILES string of the molecule is CO[C@H](C(=O)NCc1ccc(C(=N)N)cc1)c1c(F)cccc1CCCO. The van der Waals surface area contributed by atoms with Gasteiger partial charge in [-0.15, -0.1) is 0 Å². The Balaban J connectivity index is 2.13. The number of aryl methyl sites for hydroxylation is 1. The van der Waals surface area contributed by atoms with Crippen molar-refractivity contribution in [2.45, 2.75) is 25.5 Å². The molecule has 0 saturated heterocycles. The molecular weight excluding hydrogens is 349 g/mol. The number of nitrogens with one attached hydrogen (secondary N) is 2. The predicted octanol–water partition coefficient (Wildman–Crippen LogP) is 2.04. The number of amides is 1. The fourth-order valence-corrected chi connectivity index (χ4v) is 2.80. The predicted molar refractivity (Wildman–Crippen MR) is 101 cm³/mol. The molecule has 0 aliphatic rings. The van der Waals surface area contributed by atoms with Crippen LogP contribution in [0.5, 0.6) is 0 Å². The summed E-state index contributed by atoms with van der Waals surface area (Å²) in [5.41, 5.74) is 7.66. The van der Waals surface area contributed by atoms with E-state index in [-0.39, 0.29) is 24.6 Å². The molecule has 2 aromatic rings. The lowest BCUT2D eigenvalue weighted by Gasteiger charge is -2.19. The van der Waals surface area contributed by atoms with Gasteiger partial charge in [0.2, 0.25) is 0 Å². The molecule has 0 radical (unpaired) electrons. The number of aliphatic hydroxyl groups is 1. The van der Waals surface area contributed by atoms with Crippen LogP contribution in [0.4, 0.5) is 4.39 Å². The quantitative estimate of drug-likeness (QED) is 0.398. The van der Waals surface area contributed by atoms with Crippen molar-refractivity contribution in [1.29, 1.82) is 5.41 Å². The second kappa shape index (κ2) is 9.80. The van der Waals surface area contributed by atoms with Gasteiger partial charge in [0.05, 0.1) is 0 Å². The van der Waals surface area contributed by atoms with Crippen LogP contribution >= 0.6 is 0 Å². The molecule has 0 aliphatic carbocycles. The van der Waals surface area contributed by atoms with Gasteiger partial charge in [0.1, 0.15) is 11.7 Å². The molecule has 2 rings (SSSR count). The van der Waals surface area contributed by atoms with E-state index in [1.807, 2.05) is 0 Å². The van der Waals surface area contributed by atoms with Crippen LogP contribution in [0.3, 0.4) is 0 Å². The number of methoxy groups -OCH3 is 1. The number of ether oxygens (including phenoxy) is 1. The van der Waals surface area contributed by atoms with Crippen LogP contribution in [-0.4, -0.2) is 30.6 Å². The van der Waals surface area contributed by atoms with E-state index in [0.717, 1.165) is 5.56 Å². The van der Waals surface area contributed by atoms with E-state index in [2.05, 4.69) is 5.32 Å². The first-order valence-corrected chi connectivity index (χ1v) is 8.60. The molecule has 0 spiro atoms. The molecule has 0 saturated carbocycles. The van der Waals surface area contributed by atoms with Gasteiger partial charge in [-0.2, -0.15) is 0 Å². The number of hydrogen-bond donors (Lipinski definition) is 4. The zero-order chi connectivity index (χ0) is 19.8. The van der Waals surface area contributed by atoms with Gasteiger partial charge >= 0.3 is 0 Å². The average Bonchev–Trinajstić information content (AvgIpc) is 2.67. The number of nitrogens with two attached hydrogens (primary N) is 1. The summed E-state index contributed by atoms with van der Waals surface area (Å²) >= 11 is 0. The van der Waals surface area contributed by atoms with E-state index in [1.54, 1.807) is 36.4 Å². The Morgan fingerprint density at radius 3 is 2.59 bits per heavy atom. The van der Waals surface area contributed by atoms with Crippen molar-refractivity contribution in [3.8, 4) is 0 Å². The van der Waals surface area contributed by atoms with Crippen molar-refractivity contribution < 1.29 is 19.0 Å². The highest BCUT2D eigenvalue weighted by Gasteiger charge is 2.26. The molecule has 0 heterocycles. The lowest BCUT2D eigenvalue weighted by Crippen LogP contribution is -2.31. The van der Waals surface area contributed by atoms with Gasteiger partial charge in [-0.1, -0.05) is 36.4 Å². The number of hydrogen-bond acceptors (Lipinski definition) is 4. The van der Waals surface area contributed by atoms with Crippen molar-refractivity contribution in [2.75, 3.05) is 13.7 Å². The molecule has 6 nitrogen and oxygen atoms in total. The molecule has 144 valence electrons. The van der Waals surface area contributed by atoms with E-state index in [0.29, 0.717) is 24.0 Å². The Kier molecular flexibility index (Phi) is 7.45. The number of halogens is 1. The zero-order valence-corrected chi connectivity index (χ0v) is 15.2. The van der Waals surface area contributed by atoms with Crippen molar-refractivity contribution in [2.24, 2.45) is 5.73 Å². The third-order valence-electron chi connectivity index (χ3n) is 4.22. The maximum absolute atomic E-state index is 14.4. The summed E-state index contributed by atoms with van der Waals surface area (Å²) in [6.45, 7) is 0.216. The van der Waals surface area contributed by atoms with Crippen molar-refractivity contribution in [1.82, 2.24) is 5.32 Å². The number of rotatable bonds is 9. The fraction of sp³-hybridized carbons (Fsp3) is 0.300. The highest BCUT2D eigenvalue weighted by molar-refractivity contribution is 5.94. The first kappa shape index (κ1) is 20.5. The van der Waals surface area contributed by atoms with Gasteiger partial charge in [-0.05, 0) is 30.0 Å². The van der Waals surface area contributed by atoms with Gasteiger partial charge in [0.25, 0.3) is 5.91 Å². The van der Waals surface area contributed by atoms with Crippen LogP contribution in [0.15, 0.2) is 42.5 Å². The van der Waals surface area contributed by atoms with Gasteiger partial charge in [0, 0.05) is 31.4 Å². The van der Waals surface area contributed by atoms with Gasteiger partial charge in [-0.3, -0.25) is 10.2 Å². The van der Waals surface area contributed by atoms with E-state index in [4.69, 9.17) is 21.0 Å². The summed E-state index contributed by atoms with van der Waals surface area (Å²) in [5, 5.41) is 19.2. The standard InChI is InChI=1S/C20H24FN3O3/c1-27-18(17-14(5-3-11-25)4-2-6-16(17)21)20(26)24-12-13-7-9-15(10-8-13)19(22)23/h2,4,6-10,18,25H,3,5,11-12H2,1H3,(H3,22,23)(H,24,26)/t18-/m0/s1. The number of aliphatic hydroxyl groups excluding tert-OH is 1. The Labute approximate surface area is 157 Å². The maximum atomic E-state index is 14.4. The summed E-state index contributed by atoms with van der Waals surface area (Å²) in [5.74, 6) is -0.998. The topological polar surface area (TPSA) is 108 Å². The molecule has 1 amide bonds. The second-order valence-corrected chi connectivity index (χ2v) is 6.08. The summed E-state index contributed by atoms with van der Waals surface area (Å²) in [4.78, 5) is 12.6. The third-order valence-corrected chi connectivity index (χ3v) is 4.22. The fourth-order valence-electron chi connectivity index (χ4n) is 2.80. The summed E-state index contributed by atoms with van der Waals surface area (Å²) in [6, 6.07) is 11.5. The van der Waals surface area contributed by atoms with Crippen LogP contribution in [0.1, 0.15) is 34.8 Å². The monoisotopic (exact) mass is 373 g/mol. The molecule has 1 atom stereocenters. The Morgan fingerprint density at radius 2 is 2.00 bits per heavy atom. The highest BCUT2D eigenvalue weighted by Crippen LogP contribution is 2.26. The van der Waals surface area contributed by atoms with Gasteiger partial charge in [0.15, 0.2) is 6.10 Å². The van der Waals surface area contributed by atoms with Gasteiger partial charge in [-0.25, -0.2) is 4.39 Å². The van der Waals surface area contributed by atoms with Crippen molar-refractivity contribution >= 4 is 11.7 Å². The third kappa shape index (κ3) is 5.35. The molecule has 2 aromatic carbocycles. The number of benzene rings is 2. The van der Waals surface area contributed by atoms with Crippen molar-refractivity contribution in [3.05, 3.63) is 70.5 Å². The minimum Gasteiger partial charge on any atom is -0.396 e. The Hall–Kier alpha value is -2.77. The average molecular weight is 373 g/mol. The molecule has 27 heavy (non-hydrogen) atoms. The summed E-state index contributed by atoms with van der Waals surface area (Å²) < 4.78 is 19.7. The molecule has 0 aromatic heterocycles. The number of carbonyl (C=O) groups excluding carboxylic acids is 1. The van der Waals surface area contributed by atoms with Crippen molar-refractivity contribution in [3.63, 3.8) is 0 Å². The van der Waals surface area contributed by atoms with E-state index < -0.39 is 17.8 Å². The van der Waals surface area contributed by atoms with E-state index in [1.165, 1.54) is 13.2 Å². The van der Waals surface area contributed by atoms with Gasteiger partial charge < -0.3 is 20.9 Å². The van der Waals surface area contributed by atoms with Crippen LogP contribution in [0, 0.1) is 11.2 Å². The first-order chi connectivity index (χ1) is 13.0. The first-order valence-electron chi connectivity index (χ1n) is 8.60. The summed E-state index contributed by atoms with van der Waals surface area (Å²) in [6.07, 6.45) is -0.170. The molecule has 0 fully saturated rings. The number of nitrogen functional groups attached to an aromatic ring is 1. The summed E-state index contributed by atoms with van der Waals surface area (Å²) in [7, 11) is 1.36. The van der Waals surface area contributed by atoms with Crippen LogP contribution in [0.25, 0.3) is 0 Å². The number of amidine groups is 1. The smallest absolute Gasteiger partial charge is 0.254 e. The van der Waals surface area contributed by atoms with Crippen LogP contribution < -0.4 is 11.1 Å². The number of carbonyl (C=O) groups is 1. The molecular formula is C20H24FN3O3.